The lowest BCUT2D eigenvalue weighted by Gasteiger charge is -2.33. The molecule has 1 fully saturated rings. The molecule has 0 spiro atoms. The van der Waals surface area contributed by atoms with Gasteiger partial charge in [-0.2, -0.15) is 4.72 Å². The summed E-state index contributed by atoms with van der Waals surface area (Å²) < 4.78 is 29.3. The molecule has 2 aromatic heterocycles. The van der Waals surface area contributed by atoms with Crippen LogP contribution in [0.25, 0.3) is 10.9 Å². The Kier molecular flexibility index (Phi) is 6.38. The van der Waals surface area contributed by atoms with Crippen LogP contribution in [0, 0.1) is 5.92 Å². The zero-order valence-electron chi connectivity index (χ0n) is 17.6. The predicted molar refractivity (Wildman–Crippen MR) is 120 cm³/mol. The molecule has 1 saturated heterocycles. The Morgan fingerprint density at radius 1 is 1.19 bits per heavy atom. The molecule has 8 heteroatoms. The van der Waals surface area contributed by atoms with Crippen LogP contribution in [0.2, 0.25) is 0 Å². The summed E-state index contributed by atoms with van der Waals surface area (Å²) in [7, 11) is -3.89. The van der Waals surface area contributed by atoms with Gasteiger partial charge in [0.05, 0.1) is 4.90 Å². The molecule has 3 heterocycles. The Bertz CT molecular complexity index is 1140. The van der Waals surface area contributed by atoms with Gasteiger partial charge in [0.25, 0.3) is 0 Å². The van der Waals surface area contributed by atoms with Gasteiger partial charge < -0.3 is 9.88 Å². The Balaban J connectivity index is 1.58. The van der Waals surface area contributed by atoms with Crippen molar-refractivity contribution in [1.82, 2.24) is 19.6 Å². The number of likely N-dealkylation sites (tertiary alicyclic amines) is 1. The molecule has 0 radical (unpaired) electrons. The van der Waals surface area contributed by atoms with Crippen molar-refractivity contribution in [2.45, 2.75) is 43.5 Å². The van der Waals surface area contributed by atoms with E-state index in [0.717, 1.165) is 24.1 Å². The molecule has 0 saturated carbocycles. The number of fused-ring (bicyclic) bond motifs is 1. The number of aromatic amines is 1. The second-order valence-corrected chi connectivity index (χ2v) is 9.92. The Hall–Kier alpha value is -2.71. The summed E-state index contributed by atoms with van der Waals surface area (Å²) in [6.45, 7) is 3.50. The Labute approximate surface area is 182 Å². The molecule has 1 aliphatic heterocycles. The van der Waals surface area contributed by atoms with Crippen molar-refractivity contribution < 1.29 is 13.2 Å². The first-order valence-corrected chi connectivity index (χ1v) is 12.2. The van der Waals surface area contributed by atoms with E-state index in [4.69, 9.17) is 0 Å². The first-order valence-electron chi connectivity index (χ1n) is 10.7. The summed E-state index contributed by atoms with van der Waals surface area (Å²) in [5.74, 6) is 0.423. The molecule has 1 aromatic carbocycles. The van der Waals surface area contributed by atoms with Crippen molar-refractivity contribution in [1.29, 1.82) is 0 Å². The molecule has 2 N–H and O–H groups in total. The summed E-state index contributed by atoms with van der Waals surface area (Å²) in [6.07, 6.45) is 6.15. The number of carbonyl (C=O) groups excluding carboxylic acids is 1. The molecule has 3 aromatic rings. The highest BCUT2D eigenvalue weighted by Crippen LogP contribution is 2.23. The van der Waals surface area contributed by atoms with E-state index in [1.807, 2.05) is 24.3 Å². The van der Waals surface area contributed by atoms with Gasteiger partial charge in [-0.05, 0) is 61.9 Å². The van der Waals surface area contributed by atoms with Gasteiger partial charge in [-0.1, -0.05) is 19.1 Å². The third-order valence-electron chi connectivity index (χ3n) is 5.95. The number of H-pyrrole nitrogens is 1. The van der Waals surface area contributed by atoms with Crippen molar-refractivity contribution in [3.8, 4) is 0 Å². The minimum absolute atomic E-state index is 0.160. The molecule has 164 valence electrons. The second-order valence-electron chi connectivity index (χ2n) is 8.24. The summed E-state index contributed by atoms with van der Waals surface area (Å²) in [5, 5.41) is 0.609. The zero-order valence-corrected chi connectivity index (χ0v) is 18.4. The maximum absolute atomic E-state index is 13.3. The fraction of sp³-hybridized carbons (Fsp3) is 0.391. The molecular formula is C23H28N4O3S. The van der Waals surface area contributed by atoms with Crippen LogP contribution in [-0.4, -0.2) is 48.3 Å². The van der Waals surface area contributed by atoms with Crippen LogP contribution in [-0.2, 0) is 21.2 Å². The number of nitrogens with one attached hydrogen (secondary N) is 2. The number of carbonyl (C=O) groups is 1. The molecule has 1 aliphatic rings. The van der Waals surface area contributed by atoms with Gasteiger partial charge in [0.1, 0.15) is 6.04 Å². The standard InChI is InChI=1S/C23H28N4O3S/c1-17-11-15-27(16-12-17)23(28)21(9-8-18-5-2-3-13-24-18)26-31(29,30)22-7-4-6-20-19(22)10-14-25-20/h2-7,10,13-14,17,21,25-26H,8-9,11-12,15-16H2,1H3. The normalized spacial score (nSPS) is 16.5. The molecule has 4 rings (SSSR count). The molecule has 7 nitrogen and oxygen atoms in total. The van der Waals surface area contributed by atoms with Crippen molar-refractivity contribution in [3.63, 3.8) is 0 Å². The molecule has 1 atom stereocenters. The van der Waals surface area contributed by atoms with Crippen molar-refractivity contribution in [3.05, 3.63) is 60.6 Å². The Morgan fingerprint density at radius 2 is 2.00 bits per heavy atom. The second kappa shape index (κ2) is 9.20. The molecule has 31 heavy (non-hydrogen) atoms. The maximum Gasteiger partial charge on any atom is 0.241 e. The van der Waals surface area contributed by atoms with Gasteiger partial charge in [-0.3, -0.25) is 9.78 Å². The average Bonchev–Trinajstić information content (AvgIpc) is 3.26. The van der Waals surface area contributed by atoms with E-state index in [-0.39, 0.29) is 10.8 Å². The summed E-state index contributed by atoms with van der Waals surface area (Å²) in [5.41, 5.74) is 1.57. The van der Waals surface area contributed by atoms with E-state index in [2.05, 4.69) is 21.6 Å². The first kappa shape index (κ1) is 21.5. The number of rotatable bonds is 7. The lowest BCUT2D eigenvalue weighted by molar-refractivity contribution is -0.134. The number of hydrogen-bond acceptors (Lipinski definition) is 4. The minimum Gasteiger partial charge on any atom is -0.361 e. The fourth-order valence-electron chi connectivity index (χ4n) is 4.06. The molecular weight excluding hydrogens is 412 g/mol. The molecule has 1 unspecified atom stereocenters. The summed E-state index contributed by atoms with van der Waals surface area (Å²) in [6, 6.07) is 11.6. The van der Waals surface area contributed by atoms with E-state index in [0.29, 0.717) is 37.2 Å². The maximum atomic E-state index is 13.3. The van der Waals surface area contributed by atoms with Crippen LogP contribution in [0.3, 0.4) is 0 Å². The number of amides is 1. The third kappa shape index (κ3) is 4.97. The highest BCUT2D eigenvalue weighted by molar-refractivity contribution is 7.89. The van der Waals surface area contributed by atoms with Crippen LogP contribution < -0.4 is 4.72 Å². The highest BCUT2D eigenvalue weighted by Gasteiger charge is 2.31. The van der Waals surface area contributed by atoms with E-state index < -0.39 is 16.1 Å². The quantitative estimate of drug-likeness (QED) is 0.590. The van der Waals surface area contributed by atoms with E-state index in [1.165, 1.54) is 0 Å². The van der Waals surface area contributed by atoms with Crippen molar-refractivity contribution in [2.24, 2.45) is 5.92 Å². The number of piperidine rings is 1. The number of aromatic nitrogens is 2. The average molecular weight is 441 g/mol. The van der Waals surface area contributed by atoms with Gasteiger partial charge in [0, 0.05) is 42.1 Å². The highest BCUT2D eigenvalue weighted by atomic mass is 32.2. The van der Waals surface area contributed by atoms with Crippen LogP contribution >= 0.6 is 0 Å². The number of pyridine rings is 1. The van der Waals surface area contributed by atoms with Crippen LogP contribution in [0.15, 0.2) is 59.8 Å². The van der Waals surface area contributed by atoms with Gasteiger partial charge >= 0.3 is 0 Å². The number of hydrogen-bond donors (Lipinski definition) is 2. The molecule has 0 bridgehead atoms. The lowest BCUT2D eigenvalue weighted by atomic mass is 9.98. The van der Waals surface area contributed by atoms with Gasteiger partial charge in [-0.25, -0.2) is 8.42 Å². The van der Waals surface area contributed by atoms with Crippen LogP contribution in [0.5, 0.6) is 0 Å². The largest absolute Gasteiger partial charge is 0.361 e. The van der Waals surface area contributed by atoms with Crippen molar-refractivity contribution in [2.75, 3.05) is 13.1 Å². The van der Waals surface area contributed by atoms with E-state index in [1.54, 1.807) is 35.5 Å². The van der Waals surface area contributed by atoms with Crippen molar-refractivity contribution >= 4 is 26.8 Å². The minimum atomic E-state index is -3.89. The van der Waals surface area contributed by atoms with Crippen LogP contribution in [0.4, 0.5) is 0 Å². The molecule has 0 aliphatic carbocycles. The van der Waals surface area contributed by atoms with Crippen LogP contribution in [0.1, 0.15) is 31.9 Å². The fourth-order valence-corrected chi connectivity index (χ4v) is 5.51. The SMILES string of the molecule is CC1CCN(C(=O)C(CCc2ccccn2)NS(=O)(=O)c2cccc3[nH]ccc23)CC1. The summed E-state index contributed by atoms with van der Waals surface area (Å²) in [4.78, 5) is 22.6. The number of sulfonamides is 1. The number of aryl methyl sites for hydroxylation is 1. The molecule has 1 amide bonds. The Morgan fingerprint density at radius 3 is 2.74 bits per heavy atom. The van der Waals surface area contributed by atoms with Gasteiger partial charge in [-0.15, -0.1) is 0 Å². The smallest absolute Gasteiger partial charge is 0.241 e. The zero-order chi connectivity index (χ0) is 21.8. The summed E-state index contributed by atoms with van der Waals surface area (Å²) >= 11 is 0. The van der Waals surface area contributed by atoms with E-state index in [9.17, 15) is 13.2 Å². The third-order valence-corrected chi connectivity index (χ3v) is 7.48. The number of nitrogens with zero attached hydrogens (tertiary/aromatic N) is 2. The monoisotopic (exact) mass is 440 g/mol. The van der Waals surface area contributed by atoms with E-state index >= 15 is 0 Å². The topological polar surface area (TPSA) is 95.2 Å². The lowest BCUT2D eigenvalue weighted by Crippen LogP contribution is -2.50. The van der Waals surface area contributed by atoms with Gasteiger partial charge in [0.2, 0.25) is 15.9 Å². The van der Waals surface area contributed by atoms with Gasteiger partial charge in [0.15, 0.2) is 0 Å². The number of benzene rings is 1. The first-order chi connectivity index (χ1) is 14.9. The predicted octanol–water partition coefficient (Wildman–Crippen LogP) is 3.10.